The van der Waals surface area contributed by atoms with Gasteiger partial charge in [-0.15, -0.1) is 0 Å². The van der Waals surface area contributed by atoms with Crippen LogP contribution in [0.15, 0.2) is 65.4 Å². The highest BCUT2D eigenvalue weighted by molar-refractivity contribution is 6.42. The summed E-state index contributed by atoms with van der Waals surface area (Å²) < 4.78 is 7.21. The molecule has 3 aromatic rings. The molecule has 2 aliphatic rings. The highest BCUT2D eigenvalue weighted by Gasteiger charge is 2.43. The highest BCUT2D eigenvalue weighted by Crippen LogP contribution is 2.48. The number of carbonyl (C=O) groups is 2. The number of hydrogen-bond donors (Lipinski definition) is 1. The van der Waals surface area contributed by atoms with E-state index in [2.05, 4.69) is 9.88 Å². The van der Waals surface area contributed by atoms with Gasteiger partial charge in [0.1, 0.15) is 0 Å². The molecule has 5 nitrogen and oxygen atoms in total. The molecular weight excluding hydrogens is 471 g/mol. The zero-order valence-corrected chi connectivity index (χ0v) is 20.6. The number of carbonyl (C=O) groups excluding carboxylic acids is 2. The van der Waals surface area contributed by atoms with Crippen LogP contribution >= 0.6 is 23.2 Å². The molecule has 1 aromatic heterocycles. The molecule has 7 heteroatoms. The Morgan fingerprint density at radius 2 is 1.71 bits per heavy atom. The predicted octanol–water partition coefficient (Wildman–Crippen LogP) is 6.14. The molecule has 2 heterocycles. The highest BCUT2D eigenvalue weighted by atomic mass is 35.5. The molecule has 1 aliphatic heterocycles. The van der Waals surface area contributed by atoms with Crippen LogP contribution in [-0.2, 0) is 9.53 Å². The van der Waals surface area contributed by atoms with Crippen LogP contribution in [0.1, 0.15) is 45.7 Å². The van der Waals surface area contributed by atoms with Crippen molar-refractivity contribution in [3.63, 3.8) is 0 Å². The summed E-state index contributed by atoms with van der Waals surface area (Å²) in [5, 5.41) is 4.24. The summed E-state index contributed by atoms with van der Waals surface area (Å²) in [4.78, 5) is 26.6. The summed E-state index contributed by atoms with van der Waals surface area (Å²) in [5.74, 6) is -1.13. The molecule has 172 valence electrons. The number of hydrogen-bond acceptors (Lipinski definition) is 4. The van der Waals surface area contributed by atoms with E-state index >= 15 is 0 Å². The SMILES string of the molecule is COC(=O)C1=C(C)NC2=C(C(=O)c3ccccc32)[C@H]1c1cc(C)n(-c2ccc(Cl)c(Cl)c2)c1C. The number of Topliss-reactive ketones (excluding diaryl/α,β-unsaturated/α-hetero) is 1. The van der Waals surface area contributed by atoms with E-state index in [1.54, 1.807) is 12.1 Å². The first-order valence-electron chi connectivity index (χ1n) is 10.8. The molecule has 5 rings (SSSR count). The fourth-order valence-corrected chi connectivity index (χ4v) is 5.41. The van der Waals surface area contributed by atoms with E-state index in [0.717, 1.165) is 33.9 Å². The molecule has 0 spiro atoms. The minimum Gasteiger partial charge on any atom is -0.466 e. The van der Waals surface area contributed by atoms with Crippen LogP contribution in [0.3, 0.4) is 0 Å². The number of esters is 1. The molecule has 0 saturated carbocycles. The van der Waals surface area contributed by atoms with Crippen molar-refractivity contribution in [3.8, 4) is 5.69 Å². The summed E-state index contributed by atoms with van der Waals surface area (Å²) in [7, 11) is 1.35. The van der Waals surface area contributed by atoms with Crippen molar-refractivity contribution in [1.82, 2.24) is 9.88 Å². The fourth-order valence-electron chi connectivity index (χ4n) is 5.12. The maximum Gasteiger partial charge on any atom is 0.336 e. The second kappa shape index (κ2) is 8.19. The van der Waals surface area contributed by atoms with Gasteiger partial charge in [0.2, 0.25) is 0 Å². The quantitative estimate of drug-likeness (QED) is 0.445. The number of ether oxygens (including phenoxy) is 1. The van der Waals surface area contributed by atoms with Crippen LogP contribution in [0.25, 0.3) is 11.4 Å². The van der Waals surface area contributed by atoms with Crippen molar-refractivity contribution in [1.29, 1.82) is 0 Å². The van der Waals surface area contributed by atoms with E-state index in [1.807, 2.05) is 57.2 Å². The molecule has 1 atom stereocenters. The summed E-state index contributed by atoms with van der Waals surface area (Å²) in [5.41, 5.74) is 7.41. The Hall–Kier alpha value is -3.28. The lowest BCUT2D eigenvalue weighted by molar-refractivity contribution is -0.136. The first-order chi connectivity index (χ1) is 16.2. The van der Waals surface area contributed by atoms with Crippen molar-refractivity contribution in [2.75, 3.05) is 7.11 Å². The number of aryl methyl sites for hydroxylation is 1. The topological polar surface area (TPSA) is 60.3 Å². The van der Waals surface area contributed by atoms with Crippen molar-refractivity contribution >= 4 is 40.7 Å². The summed E-state index contributed by atoms with van der Waals surface area (Å²) in [6.45, 7) is 5.80. The lowest BCUT2D eigenvalue weighted by Crippen LogP contribution is -2.29. The number of methoxy groups -OCH3 is 1. The van der Waals surface area contributed by atoms with Gasteiger partial charge in [0, 0.05) is 39.5 Å². The van der Waals surface area contributed by atoms with Gasteiger partial charge in [-0.05, 0) is 50.6 Å². The van der Waals surface area contributed by atoms with E-state index in [-0.39, 0.29) is 5.78 Å². The van der Waals surface area contributed by atoms with E-state index < -0.39 is 11.9 Å². The Labute approximate surface area is 207 Å². The summed E-state index contributed by atoms with van der Waals surface area (Å²) >= 11 is 12.4. The Morgan fingerprint density at radius 3 is 2.38 bits per heavy atom. The average Bonchev–Trinajstić information content (AvgIpc) is 3.27. The van der Waals surface area contributed by atoms with Gasteiger partial charge in [0.05, 0.1) is 34.3 Å². The van der Waals surface area contributed by atoms with Gasteiger partial charge in [-0.3, -0.25) is 4.79 Å². The molecule has 0 radical (unpaired) electrons. The van der Waals surface area contributed by atoms with Crippen LogP contribution in [0.5, 0.6) is 0 Å². The van der Waals surface area contributed by atoms with Gasteiger partial charge >= 0.3 is 5.97 Å². The number of halogens is 2. The lowest BCUT2D eigenvalue weighted by atomic mass is 9.79. The second-order valence-corrected chi connectivity index (χ2v) is 9.33. The summed E-state index contributed by atoms with van der Waals surface area (Å²) in [6, 6.07) is 15.0. The van der Waals surface area contributed by atoms with Crippen LogP contribution < -0.4 is 5.32 Å². The van der Waals surface area contributed by atoms with Gasteiger partial charge in [-0.2, -0.15) is 0 Å². The number of rotatable bonds is 3. The monoisotopic (exact) mass is 492 g/mol. The Morgan fingerprint density at radius 1 is 1.00 bits per heavy atom. The van der Waals surface area contributed by atoms with Crippen molar-refractivity contribution < 1.29 is 14.3 Å². The fraction of sp³-hybridized carbons (Fsp3) is 0.185. The minimum absolute atomic E-state index is 0.0867. The number of nitrogens with one attached hydrogen (secondary N) is 1. The van der Waals surface area contributed by atoms with Crippen LogP contribution in [0.4, 0.5) is 0 Å². The number of dihydropyridines is 1. The number of nitrogens with zero attached hydrogens (tertiary/aromatic N) is 1. The largest absolute Gasteiger partial charge is 0.466 e. The second-order valence-electron chi connectivity index (χ2n) is 8.51. The van der Waals surface area contributed by atoms with E-state index in [1.165, 1.54) is 7.11 Å². The Balaban J connectivity index is 1.75. The normalized spacial score (nSPS) is 17.0. The van der Waals surface area contributed by atoms with Gasteiger partial charge in [0.15, 0.2) is 5.78 Å². The van der Waals surface area contributed by atoms with E-state index in [4.69, 9.17) is 27.9 Å². The minimum atomic E-state index is -0.577. The molecule has 0 saturated heterocycles. The molecule has 1 aliphatic carbocycles. The first kappa shape index (κ1) is 22.5. The third-order valence-electron chi connectivity index (χ3n) is 6.60. The van der Waals surface area contributed by atoms with Crippen LogP contribution in [0.2, 0.25) is 10.0 Å². The summed E-state index contributed by atoms with van der Waals surface area (Å²) in [6.07, 6.45) is 0. The maximum absolute atomic E-state index is 13.6. The number of allylic oxidation sites excluding steroid dienone is 2. The van der Waals surface area contributed by atoms with E-state index in [0.29, 0.717) is 32.5 Å². The van der Waals surface area contributed by atoms with Crippen molar-refractivity contribution in [3.05, 3.63) is 103 Å². The van der Waals surface area contributed by atoms with Gasteiger partial charge in [-0.1, -0.05) is 47.5 Å². The zero-order valence-electron chi connectivity index (χ0n) is 19.1. The average molecular weight is 493 g/mol. The molecular formula is C27H22Cl2N2O3. The molecule has 2 aromatic carbocycles. The lowest BCUT2D eigenvalue weighted by Gasteiger charge is -2.29. The molecule has 34 heavy (non-hydrogen) atoms. The van der Waals surface area contributed by atoms with Gasteiger partial charge in [-0.25, -0.2) is 4.79 Å². The Bertz CT molecular complexity index is 1460. The Kier molecular flexibility index (Phi) is 5.42. The number of fused-ring (bicyclic) bond motifs is 2. The third kappa shape index (κ3) is 3.23. The standard InChI is InChI=1S/C27H22Cl2N2O3/c1-13-11-19(15(3)31(13)16-9-10-20(28)21(29)12-16)23-22(27(33)34-4)14(2)30-25-17-7-5-6-8-18(17)26(32)24(23)25/h5-12,23,30H,1-4H3/t23-/m0/s1. The maximum atomic E-state index is 13.6. The molecule has 0 fully saturated rings. The number of ketones is 1. The smallest absolute Gasteiger partial charge is 0.336 e. The van der Waals surface area contributed by atoms with Gasteiger partial charge in [0.25, 0.3) is 0 Å². The molecule has 0 bridgehead atoms. The van der Waals surface area contributed by atoms with E-state index in [9.17, 15) is 9.59 Å². The zero-order chi connectivity index (χ0) is 24.3. The third-order valence-corrected chi connectivity index (χ3v) is 7.34. The van der Waals surface area contributed by atoms with Gasteiger partial charge < -0.3 is 14.6 Å². The van der Waals surface area contributed by atoms with Crippen LogP contribution in [0, 0.1) is 13.8 Å². The van der Waals surface area contributed by atoms with Crippen molar-refractivity contribution in [2.24, 2.45) is 0 Å². The molecule has 1 N–H and O–H groups in total. The number of aromatic nitrogens is 1. The predicted molar refractivity (Wildman–Crippen MR) is 134 cm³/mol. The number of benzene rings is 2. The molecule has 0 unspecified atom stereocenters. The first-order valence-corrected chi connectivity index (χ1v) is 11.6. The molecule has 0 amide bonds. The van der Waals surface area contributed by atoms with Crippen molar-refractivity contribution in [2.45, 2.75) is 26.7 Å². The van der Waals surface area contributed by atoms with Crippen LogP contribution in [-0.4, -0.2) is 23.4 Å².